The molecule has 0 bridgehead atoms. The summed E-state index contributed by atoms with van der Waals surface area (Å²) in [5.41, 5.74) is 2.63. The fourth-order valence-corrected chi connectivity index (χ4v) is 4.41. The molecule has 0 aromatic heterocycles. The number of carbonyl (C=O) groups excluding carboxylic acids is 2. The van der Waals surface area contributed by atoms with Crippen molar-refractivity contribution in [3.63, 3.8) is 0 Å². The molecule has 1 aliphatic rings. The molecule has 3 aromatic rings. The van der Waals surface area contributed by atoms with E-state index in [9.17, 15) is 19.8 Å². The quantitative estimate of drug-likeness (QED) is 0.264. The van der Waals surface area contributed by atoms with Gasteiger partial charge in [-0.25, -0.2) is 0 Å². The molecular weight excluding hydrogens is 477 g/mol. The lowest BCUT2D eigenvalue weighted by atomic mass is 9.93. The molecule has 1 fully saturated rings. The molecule has 1 aliphatic heterocycles. The van der Waals surface area contributed by atoms with Crippen LogP contribution in [0.2, 0.25) is 10.0 Å². The lowest BCUT2D eigenvalue weighted by molar-refractivity contribution is -0.132. The number of ether oxygens (including phenoxy) is 1. The van der Waals surface area contributed by atoms with Gasteiger partial charge >= 0.3 is 0 Å². The van der Waals surface area contributed by atoms with Crippen LogP contribution in [0.15, 0.2) is 60.2 Å². The Kier molecular flexibility index (Phi) is 6.30. The number of ketones is 1. The number of phenols is 1. The molecule has 1 atom stereocenters. The van der Waals surface area contributed by atoms with Gasteiger partial charge in [0.2, 0.25) is 0 Å². The Hall–Kier alpha value is -3.48. The number of carbonyl (C=O) groups is 2. The van der Waals surface area contributed by atoms with Crippen LogP contribution in [0.4, 0.5) is 5.69 Å². The topological polar surface area (TPSA) is 87.1 Å². The summed E-state index contributed by atoms with van der Waals surface area (Å²) in [5, 5.41) is 21.7. The van der Waals surface area contributed by atoms with E-state index in [1.807, 2.05) is 6.92 Å². The molecule has 8 heteroatoms. The van der Waals surface area contributed by atoms with Crippen molar-refractivity contribution in [2.75, 3.05) is 12.0 Å². The number of phenolic OH excluding ortho intramolecular Hbond substituents is 1. The Morgan fingerprint density at radius 1 is 0.941 bits per heavy atom. The second kappa shape index (κ2) is 9.05. The van der Waals surface area contributed by atoms with Gasteiger partial charge in [0.25, 0.3) is 11.7 Å². The SMILES string of the molecule is COc1cc(C)c(/C(O)=C2\C(=O)C(=O)N(c3ccc(Cl)c(Cl)c3)C2c2ccc(O)cc2)cc1C. The smallest absolute Gasteiger partial charge is 0.300 e. The highest BCUT2D eigenvalue weighted by Gasteiger charge is 2.47. The zero-order valence-electron chi connectivity index (χ0n) is 18.6. The first-order chi connectivity index (χ1) is 16.1. The van der Waals surface area contributed by atoms with Crippen molar-refractivity contribution < 1.29 is 24.5 Å². The monoisotopic (exact) mass is 497 g/mol. The van der Waals surface area contributed by atoms with E-state index in [0.29, 0.717) is 33.1 Å². The lowest BCUT2D eigenvalue weighted by Crippen LogP contribution is -2.29. The third kappa shape index (κ3) is 4.00. The average Bonchev–Trinajstić information content (AvgIpc) is 3.07. The van der Waals surface area contributed by atoms with Gasteiger partial charge in [-0.2, -0.15) is 0 Å². The molecule has 6 nitrogen and oxygen atoms in total. The summed E-state index contributed by atoms with van der Waals surface area (Å²) in [6.07, 6.45) is 0. The van der Waals surface area contributed by atoms with Crippen LogP contribution in [0.5, 0.6) is 11.5 Å². The Morgan fingerprint density at radius 3 is 2.24 bits per heavy atom. The van der Waals surface area contributed by atoms with Gasteiger partial charge in [-0.15, -0.1) is 0 Å². The molecule has 0 saturated carbocycles. The summed E-state index contributed by atoms with van der Waals surface area (Å²) in [5.74, 6) is -1.30. The molecule has 0 radical (unpaired) electrons. The molecule has 1 saturated heterocycles. The molecular formula is C26H21Cl2NO5. The summed E-state index contributed by atoms with van der Waals surface area (Å²) in [7, 11) is 1.55. The van der Waals surface area contributed by atoms with Crippen molar-refractivity contribution >= 4 is 46.3 Å². The zero-order valence-corrected chi connectivity index (χ0v) is 20.1. The van der Waals surface area contributed by atoms with Gasteiger partial charge in [-0.05, 0) is 73.0 Å². The minimum Gasteiger partial charge on any atom is -0.508 e. The van der Waals surface area contributed by atoms with Crippen molar-refractivity contribution in [1.29, 1.82) is 0 Å². The standard InChI is InChI=1S/C26H21Cl2NO5/c1-13-11-21(34-3)14(2)10-18(13)24(31)22-23(15-4-7-17(30)8-5-15)29(26(33)25(22)32)16-6-9-19(27)20(28)12-16/h4-12,23,30-31H,1-3H3/b24-22+. The summed E-state index contributed by atoms with van der Waals surface area (Å²) < 4.78 is 5.35. The van der Waals surface area contributed by atoms with Crippen LogP contribution in [0.25, 0.3) is 5.76 Å². The number of rotatable bonds is 4. The number of aliphatic hydroxyl groups excluding tert-OH is 1. The molecule has 1 unspecified atom stereocenters. The van der Waals surface area contributed by atoms with Crippen LogP contribution >= 0.6 is 23.2 Å². The second-order valence-electron chi connectivity index (χ2n) is 8.00. The third-order valence-corrected chi connectivity index (χ3v) is 6.57. The van der Waals surface area contributed by atoms with Crippen LogP contribution in [0.3, 0.4) is 0 Å². The number of hydrogen-bond donors (Lipinski definition) is 2. The Bertz CT molecular complexity index is 1350. The highest BCUT2D eigenvalue weighted by molar-refractivity contribution is 6.52. The highest BCUT2D eigenvalue weighted by atomic mass is 35.5. The molecule has 0 aliphatic carbocycles. The highest BCUT2D eigenvalue weighted by Crippen LogP contribution is 2.44. The maximum atomic E-state index is 13.3. The van der Waals surface area contributed by atoms with Crippen molar-refractivity contribution in [2.45, 2.75) is 19.9 Å². The molecule has 2 N–H and O–H groups in total. The number of aliphatic hydroxyl groups is 1. The van der Waals surface area contributed by atoms with E-state index in [0.717, 1.165) is 5.56 Å². The van der Waals surface area contributed by atoms with Crippen LogP contribution < -0.4 is 9.64 Å². The van der Waals surface area contributed by atoms with E-state index >= 15 is 0 Å². The number of methoxy groups -OCH3 is 1. The van der Waals surface area contributed by atoms with Gasteiger partial charge in [0.05, 0.1) is 28.8 Å². The Labute approximate surface area is 206 Å². The third-order valence-electron chi connectivity index (χ3n) is 5.83. The lowest BCUT2D eigenvalue weighted by Gasteiger charge is -2.26. The van der Waals surface area contributed by atoms with E-state index in [-0.39, 0.29) is 22.1 Å². The van der Waals surface area contributed by atoms with Crippen LogP contribution in [-0.2, 0) is 9.59 Å². The first-order valence-corrected chi connectivity index (χ1v) is 11.1. The molecule has 1 heterocycles. The van der Waals surface area contributed by atoms with Gasteiger partial charge in [-0.3, -0.25) is 14.5 Å². The van der Waals surface area contributed by atoms with E-state index in [1.54, 1.807) is 44.4 Å². The predicted molar refractivity (Wildman–Crippen MR) is 132 cm³/mol. The summed E-state index contributed by atoms with van der Waals surface area (Å²) in [4.78, 5) is 27.8. The van der Waals surface area contributed by atoms with Crippen molar-refractivity contribution in [3.05, 3.63) is 92.5 Å². The molecule has 4 rings (SSSR count). The molecule has 34 heavy (non-hydrogen) atoms. The van der Waals surface area contributed by atoms with Gasteiger partial charge in [0.15, 0.2) is 0 Å². The largest absolute Gasteiger partial charge is 0.508 e. The van der Waals surface area contributed by atoms with Crippen molar-refractivity contribution in [3.8, 4) is 11.5 Å². The normalized spacial score (nSPS) is 17.3. The number of anilines is 1. The zero-order chi connectivity index (χ0) is 24.7. The summed E-state index contributed by atoms with van der Waals surface area (Å²) >= 11 is 12.2. The van der Waals surface area contributed by atoms with Crippen LogP contribution in [0, 0.1) is 13.8 Å². The fourth-order valence-electron chi connectivity index (χ4n) is 4.12. The molecule has 0 spiro atoms. The van der Waals surface area contributed by atoms with Gasteiger partial charge in [0, 0.05) is 11.3 Å². The van der Waals surface area contributed by atoms with Crippen LogP contribution in [-0.4, -0.2) is 29.0 Å². The minimum atomic E-state index is -0.959. The van der Waals surface area contributed by atoms with Gasteiger partial charge in [-0.1, -0.05) is 35.3 Å². The van der Waals surface area contributed by atoms with E-state index in [4.69, 9.17) is 27.9 Å². The van der Waals surface area contributed by atoms with Gasteiger partial charge < -0.3 is 14.9 Å². The fraction of sp³-hybridized carbons (Fsp3) is 0.154. The van der Waals surface area contributed by atoms with E-state index in [2.05, 4.69) is 0 Å². The number of benzene rings is 3. The maximum Gasteiger partial charge on any atom is 0.300 e. The predicted octanol–water partition coefficient (Wildman–Crippen LogP) is 5.95. The maximum absolute atomic E-state index is 13.3. The first kappa shape index (κ1) is 23.7. The number of aryl methyl sites for hydroxylation is 2. The minimum absolute atomic E-state index is 0.0249. The first-order valence-electron chi connectivity index (χ1n) is 10.3. The van der Waals surface area contributed by atoms with E-state index < -0.39 is 17.7 Å². The van der Waals surface area contributed by atoms with Crippen LogP contribution in [0.1, 0.15) is 28.3 Å². The number of Topliss-reactive ketones (excluding diaryl/α,β-unsaturated/α-hetero) is 1. The Morgan fingerprint density at radius 2 is 1.62 bits per heavy atom. The summed E-state index contributed by atoms with van der Waals surface area (Å²) in [6.45, 7) is 3.60. The number of hydrogen-bond acceptors (Lipinski definition) is 5. The molecule has 3 aromatic carbocycles. The average molecular weight is 498 g/mol. The van der Waals surface area contributed by atoms with Crippen molar-refractivity contribution in [2.24, 2.45) is 0 Å². The Balaban J connectivity index is 1.98. The second-order valence-corrected chi connectivity index (χ2v) is 8.81. The molecule has 1 amide bonds. The summed E-state index contributed by atoms with van der Waals surface area (Å²) in [6, 6.07) is 13.2. The van der Waals surface area contributed by atoms with Gasteiger partial charge in [0.1, 0.15) is 17.3 Å². The number of halogens is 2. The number of nitrogens with zero attached hydrogens (tertiary/aromatic N) is 1. The van der Waals surface area contributed by atoms with E-state index in [1.165, 1.54) is 29.2 Å². The molecule has 174 valence electrons. The number of amides is 1. The van der Waals surface area contributed by atoms with Crippen molar-refractivity contribution in [1.82, 2.24) is 0 Å². The number of aromatic hydroxyl groups is 1.